The van der Waals surface area contributed by atoms with Gasteiger partial charge in [0.05, 0.1) is 30.2 Å². The molecule has 4 atom stereocenters. The van der Waals surface area contributed by atoms with Gasteiger partial charge in [-0.05, 0) is 95.5 Å². The lowest BCUT2D eigenvalue weighted by atomic mass is 9.68. The summed E-state index contributed by atoms with van der Waals surface area (Å²) >= 11 is 3.47. The van der Waals surface area contributed by atoms with Crippen molar-refractivity contribution in [3.8, 4) is 11.5 Å². The van der Waals surface area contributed by atoms with Crippen LogP contribution < -0.4 is 15.1 Å². The first-order chi connectivity index (χ1) is 24.2. The van der Waals surface area contributed by atoms with Gasteiger partial charge in [-0.15, -0.1) is 0 Å². The third kappa shape index (κ3) is 7.47. The number of amides is 2. The van der Waals surface area contributed by atoms with Crippen LogP contribution in [0.1, 0.15) is 30.4 Å². The molecule has 4 aromatic rings. The minimum Gasteiger partial charge on any atom is -0.507 e. The van der Waals surface area contributed by atoms with E-state index in [1.165, 1.54) is 18.2 Å². The van der Waals surface area contributed by atoms with Crippen LogP contribution in [0.15, 0.2) is 119 Å². The van der Waals surface area contributed by atoms with Crippen molar-refractivity contribution in [2.45, 2.75) is 25.4 Å². The summed E-state index contributed by atoms with van der Waals surface area (Å²) in [5, 5.41) is 52.9. The molecule has 0 aromatic heterocycles. The molecule has 2 amide bonds. The molecule has 9 nitrogen and oxygen atoms in total. The monoisotopic (exact) mass is 737 g/mol. The summed E-state index contributed by atoms with van der Waals surface area (Å²) in [6.45, 7) is -0.449. The smallest absolute Gasteiger partial charge is 0.488 e. The molecule has 0 radical (unpaired) electrons. The van der Waals surface area contributed by atoms with Gasteiger partial charge in [-0.2, -0.15) is 0 Å². The molecule has 256 valence electrons. The summed E-state index contributed by atoms with van der Waals surface area (Å²) < 4.78 is 6.92. The second kappa shape index (κ2) is 15.6. The zero-order chi connectivity index (χ0) is 35.4. The standard InChI is InChI=1S/C39H37BBrNO8/c41-29-15-17-34(44)26(19-29)18-25(24-8-3-1-4-9-24)14-16-35(45)36-27(23-50-31-12-5-2-6-13-31)20-32-37(33(36)22-43)39(47)42(38(32)46)30-11-7-10-28(21-30)40(48)49/h1-13,15,17-19,21,32-33,35,37,43-45,48-49H,14,16,20,22-23H2/b25-18-/t32-,33+,35-,37-/m1/s1. The molecule has 1 aliphatic carbocycles. The van der Waals surface area contributed by atoms with Gasteiger partial charge in [0.2, 0.25) is 11.8 Å². The van der Waals surface area contributed by atoms with Crippen LogP contribution in [0.25, 0.3) is 11.6 Å². The fourth-order valence-electron chi connectivity index (χ4n) is 7.09. The number of hydrogen-bond donors (Lipinski definition) is 5. The van der Waals surface area contributed by atoms with Crippen molar-refractivity contribution in [2.24, 2.45) is 17.8 Å². The molecular formula is C39H37BBrNO8. The number of ether oxygens (including phenoxy) is 1. The summed E-state index contributed by atoms with van der Waals surface area (Å²) in [5.41, 5.74) is 3.81. The van der Waals surface area contributed by atoms with Crippen molar-refractivity contribution >= 4 is 57.7 Å². The molecule has 1 aliphatic heterocycles. The Balaban J connectivity index is 1.35. The summed E-state index contributed by atoms with van der Waals surface area (Å²) in [6, 6.07) is 29.9. The van der Waals surface area contributed by atoms with Gasteiger partial charge in [0.15, 0.2) is 0 Å². The van der Waals surface area contributed by atoms with E-state index in [-0.39, 0.29) is 36.3 Å². The summed E-state index contributed by atoms with van der Waals surface area (Å²) in [6.07, 6.45) is 1.52. The maximum Gasteiger partial charge on any atom is 0.488 e. The topological polar surface area (TPSA) is 148 Å². The first kappa shape index (κ1) is 35.3. The first-order valence-corrected chi connectivity index (χ1v) is 17.2. The van der Waals surface area contributed by atoms with Crippen LogP contribution in [0.2, 0.25) is 0 Å². The minimum absolute atomic E-state index is 0.0388. The van der Waals surface area contributed by atoms with Gasteiger partial charge >= 0.3 is 7.12 Å². The Morgan fingerprint density at radius 3 is 2.36 bits per heavy atom. The summed E-state index contributed by atoms with van der Waals surface area (Å²) in [4.78, 5) is 29.0. The van der Waals surface area contributed by atoms with Crippen LogP contribution in [-0.4, -0.2) is 63.6 Å². The number of aliphatic hydroxyl groups excluding tert-OH is 2. The third-order valence-corrected chi connectivity index (χ3v) is 9.97. The number of phenolic OH excluding ortho intramolecular Hbond substituents is 1. The minimum atomic E-state index is -1.79. The van der Waals surface area contributed by atoms with Crippen molar-refractivity contribution < 1.29 is 39.7 Å². The predicted molar refractivity (Wildman–Crippen MR) is 195 cm³/mol. The molecule has 1 saturated heterocycles. The van der Waals surface area contributed by atoms with E-state index in [1.807, 2.05) is 60.7 Å². The number of hydrogen-bond acceptors (Lipinski definition) is 8. The van der Waals surface area contributed by atoms with Gasteiger partial charge in [-0.1, -0.05) is 76.6 Å². The number of benzene rings is 4. The number of anilines is 1. The molecule has 0 saturated carbocycles. The van der Waals surface area contributed by atoms with Crippen molar-refractivity contribution in [2.75, 3.05) is 18.1 Å². The number of para-hydroxylation sites is 1. The van der Waals surface area contributed by atoms with E-state index < -0.39 is 49.4 Å². The second-order valence-corrected chi connectivity index (χ2v) is 13.5. The van der Waals surface area contributed by atoms with Gasteiger partial charge in [-0.25, -0.2) is 0 Å². The van der Waals surface area contributed by atoms with Gasteiger partial charge in [0.25, 0.3) is 0 Å². The third-order valence-electron chi connectivity index (χ3n) is 9.47. The molecule has 1 heterocycles. The van der Waals surface area contributed by atoms with E-state index in [1.54, 1.807) is 30.3 Å². The van der Waals surface area contributed by atoms with Crippen LogP contribution in [0, 0.1) is 17.8 Å². The molecule has 1 fully saturated rings. The highest BCUT2D eigenvalue weighted by Crippen LogP contribution is 2.47. The van der Waals surface area contributed by atoms with E-state index in [4.69, 9.17) is 4.74 Å². The molecule has 0 bridgehead atoms. The number of phenols is 1. The SMILES string of the molecule is O=C1[C@@H]2[C@@H](CC(COc3ccccc3)=C([C@H](O)CC/C(=C/c3cc(Br)ccc3O)c3ccccc3)[C@@H]2CO)C(=O)N1c1cccc(B(O)O)c1. The molecule has 11 heteroatoms. The van der Waals surface area contributed by atoms with E-state index in [0.717, 1.165) is 20.5 Å². The van der Waals surface area contributed by atoms with Gasteiger partial charge in [0.1, 0.15) is 18.1 Å². The predicted octanol–water partition coefficient (Wildman–Crippen LogP) is 4.71. The van der Waals surface area contributed by atoms with E-state index >= 15 is 0 Å². The molecule has 6 rings (SSSR count). The van der Waals surface area contributed by atoms with Crippen molar-refractivity contribution in [1.82, 2.24) is 0 Å². The maximum atomic E-state index is 14.1. The van der Waals surface area contributed by atoms with Gasteiger partial charge in [-0.3, -0.25) is 14.5 Å². The molecule has 0 spiro atoms. The number of rotatable bonds is 12. The lowest BCUT2D eigenvalue weighted by molar-refractivity contribution is -0.123. The Morgan fingerprint density at radius 1 is 0.940 bits per heavy atom. The molecule has 0 unspecified atom stereocenters. The molecule has 5 N–H and O–H groups in total. The number of carbonyl (C=O) groups is 2. The van der Waals surface area contributed by atoms with Crippen LogP contribution in [0.5, 0.6) is 11.5 Å². The average Bonchev–Trinajstić information content (AvgIpc) is 3.38. The zero-order valence-electron chi connectivity index (χ0n) is 27.1. The number of aromatic hydroxyl groups is 1. The number of allylic oxidation sites excluding steroid dienone is 1. The molecule has 2 aliphatic rings. The molecule has 50 heavy (non-hydrogen) atoms. The van der Waals surface area contributed by atoms with Crippen LogP contribution in [-0.2, 0) is 9.59 Å². The fraction of sp³-hybridized carbons (Fsp3) is 0.231. The number of fused-ring (bicyclic) bond motifs is 1. The Kier molecular flexibility index (Phi) is 11.0. The lowest BCUT2D eigenvalue weighted by Crippen LogP contribution is -2.40. The highest BCUT2D eigenvalue weighted by Gasteiger charge is 2.55. The van der Waals surface area contributed by atoms with Gasteiger partial charge < -0.3 is 30.1 Å². The summed E-state index contributed by atoms with van der Waals surface area (Å²) in [7, 11) is -1.79. The van der Waals surface area contributed by atoms with E-state index in [9.17, 15) is 35.0 Å². The van der Waals surface area contributed by atoms with E-state index in [0.29, 0.717) is 28.9 Å². The second-order valence-electron chi connectivity index (χ2n) is 12.6. The van der Waals surface area contributed by atoms with Crippen LogP contribution in [0.4, 0.5) is 5.69 Å². The van der Waals surface area contributed by atoms with Crippen LogP contribution >= 0.6 is 15.9 Å². The van der Waals surface area contributed by atoms with E-state index in [2.05, 4.69) is 15.9 Å². The quantitative estimate of drug-likeness (QED) is 0.0608. The van der Waals surface area contributed by atoms with Crippen LogP contribution in [0.3, 0.4) is 0 Å². The Hall–Kier alpha value is -4.52. The molecule has 4 aromatic carbocycles. The first-order valence-electron chi connectivity index (χ1n) is 16.4. The molecular weight excluding hydrogens is 701 g/mol. The van der Waals surface area contributed by atoms with Crippen molar-refractivity contribution in [1.29, 1.82) is 0 Å². The Bertz CT molecular complexity index is 1920. The number of carbonyl (C=O) groups excluding carboxylic acids is 2. The highest BCUT2D eigenvalue weighted by atomic mass is 79.9. The van der Waals surface area contributed by atoms with Crippen molar-refractivity contribution in [3.63, 3.8) is 0 Å². The maximum absolute atomic E-state index is 14.1. The Labute approximate surface area is 299 Å². The lowest BCUT2D eigenvalue weighted by Gasteiger charge is -2.36. The number of imide groups is 1. The number of halogens is 1. The summed E-state index contributed by atoms with van der Waals surface area (Å²) in [5.74, 6) is -2.91. The Morgan fingerprint density at radius 2 is 1.66 bits per heavy atom. The fourth-order valence-corrected chi connectivity index (χ4v) is 7.47. The van der Waals surface area contributed by atoms with Crippen molar-refractivity contribution in [3.05, 3.63) is 130 Å². The normalized spacial score (nSPS) is 19.8. The zero-order valence-corrected chi connectivity index (χ0v) is 28.7. The highest BCUT2D eigenvalue weighted by molar-refractivity contribution is 9.10. The average molecular weight is 738 g/mol. The number of nitrogens with zero attached hydrogens (tertiary/aromatic N) is 1. The number of aliphatic hydroxyl groups is 2. The van der Waals surface area contributed by atoms with Gasteiger partial charge in [0, 0.05) is 16.0 Å². The largest absolute Gasteiger partial charge is 0.507 e.